The summed E-state index contributed by atoms with van der Waals surface area (Å²) in [6.07, 6.45) is 0. The van der Waals surface area contributed by atoms with E-state index in [1.54, 1.807) is 19.2 Å². The van der Waals surface area contributed by atoms with Gasteiger partial charge in [0.25, 0.3) is 0 Å². The summed E-state index contributed by atoms with van der Waals surface area (Å²) in [7, 11) is 1.56. The van der Waals surface area contributed by atoms with Gasteiger partial charge in [-0.25, -0.2) is 0 Å². The van der Waals surface area contributed by atoms with Crippen molar-refractivity contribution in [1.82, 2.24) is 0 Å². The molecule has 1 aliphatic heterocycles. The zero-order chi connectivity index (χ0) is 13.2. The van der Waals surface area contributed by atoms with Gasteiger partial charge in [0.05, 0.1) is 26.0 Å². The summed E-state index contributed by atoms with van der Waals surface area (Å²) in [4.78, 5) is 12.2. The van der Waals surface area contributed by atoms with Gasteiger partial charge >= 0.3 is 0 Å². The molecule has 1 heterocycles. The average Bonchev–Trinajstić information content (AvgIpc) is 2.28. The Morgan fingerprint density at radius 2 is 2.33 bits per heavy atom. The van der Waals surface area contributed by atoms with Crippen LogP contribution in [-0.2, 0) is 9.53 Å². The van der Waals surface area contributed by atoms with E-state index in [1.807, 2.05) is 6.07 Å². The van der Waals surface area contributed by atoms with Crippen LogP contribution in [0.15, 0.2) is 22.7 Å². The zero-order valence-corrected chi connectivity index (χ0v) is 11.6. The summed E-state index contributed by atoms with van der Waals surface area (Å²) in [5, 5.41) is 2.84. The van der Waals surface area contributed by atoms with E-state index in [1.165, 1.54) is 0 Å². The largest absolute Gasteiger partial charge is 0.495 e. The lowest BCUT2D eigenvalue weighted by Crippen LogP contribution is -2.56. The van der Waals surface area contributed by atoms with E-state index in [0.717, 1.165) is 4.47 Å². The lowest BCUT2D eigenvalue weighted by molar-refractivity contribution is -0.153. The third-order valence-electron chi connectivity index (χ3n) is 3.04. The second kappa shape index (κ2) is 5.26. The van der Waals surface area contributed by atoms with Crippen molar-refractivity contribution in [3.8, 4) is 5.75 Å². The summed E-state index contributed by atoms with van der Waals surface area (Å²) >= 11 is 3.36. The van der Waals surface area contributed by atoms with Gasteiger partial charge in [0.2, 0.25) is 5.91 Å². The van der Waals surface area contributed by atoms with E-state index in [-0.39, 0.29) is 12.5 Å². The fourth-order valence-corrected chi connectivity index (χ4v) is 2.08. The first-order chi connectivity index (χ1) is 8.61. The van der Waals surface area contributed by atoms with Gasteiger partial charge in [-0.05, 0) is 18.2 Å². The number of benzene rings is 1. The molecular formula is C12H15BrN2O3. The fourth-order valence-electron chi connectivity index (χ4n) is 1.72. The Morgan fingerprint density at radius 1 is 1.61 bits per heavy atom. The van der Waals surface area contributed by atoms with Crippen LogP contribution >= 0.6 is 15.9 Å². The van der Waals surface area contributed by atoms with Crippen molar-refractivity contribution in [2.75, 3.05) is 32.2 Å². The summed E-state index contributed by atoms with van der Waals surface area (Å²) in [6.45, 7) is 1.01. The van der Waals surface area contributed by atoms with Crippen LogP contribution in [0.3, 0.4) is 0 Å². The summed E-state index contributed by atoms with van der Waals surface area (Å²) in [5.41, 5.74) is 5.66. The summed E-state index contributed by atoms with van der Waals surface area (Å²) in [5.74, 6) is 0.478. The summed E-state index contributed by atoms with van der Waals surface area (Å²) < 4.78 is 11.2. The second-order valence-electron chi connectivity index (χ2n) is 4.28. The van der Waals surface area contributed by atoms with Crippen LogP contribution in [0.4, 0.5) is 5.69 Å². The molecule has 0 saturated carbocycles. The number of anilines is 1. The predicted octanol–water partition coefficient (Wildman–Crippen LogP) is 1.37. The van der Waals surface area contributed by atoms with Gasteiger partial charge in [-0.15, -0.1) is 0 Å². The van der Waals surface area contributed by atoms with Crippen LogP contribution < -0.4 is 15.8 Å². The number of rotatable bonds is 4. The summed E-state index contributed by atoms with van der Waals surface area (Å²) in [6, 6.07) is 5.42. The first-order valence-corrected chi connectivity index (χ1v) is 6.33. The molecule has 1 saturated heterocycles. The minimum Gasteiger partial charge on any atom is -0.495 e. The van der Waals surface area contributed by atoms with E-state index in [2.05, 4.69) is 21.2 Å². The lowest BCUT2D eigenvalue weighted by atomic mass is 9.85. The highest BCUT2D eigenvalue weighted by Crippen LogP contribution is 2.32. The molecule has 0 atom stereocenters. The molecular weight excluding hydrogens is 300 g/mol. The van der Waals surface area contributed by atoms with Crippen LogP contribution in [0.5, 0.6) is 5.75 Å². The van der Waals surface area contributed by atoms with Gasteiger partial charge in [-0.3, -0.25) is 4.79 Å². The van der Waals surface area contributed by atoms with Crippen LogP contribution in [0.2, 0.25) is 0 Å². The molecule has 1 amide bonds. The molecule has 1 aliphatic rings. The minimum atomic E-state index is -0.604. The zero-order valence-electron chi connectivity index (χ0n) is 10.0. The number of carbonyl (C=O) groups is 1. The molecule has 1 fully saturated rings. The molecule has 0 spiro atoms. The SMILES string of the molecule is COc1ccc(Br)cc1NC(=O)C1(CN)COC1. The van der Waals surface area contributed by atoms with Crippen molar-refractivity contribution in [1.29, 1.82) is 0 Å². The number of hydrogen-bond donors (Lipinski definition) is 2. The van der Waals surface area contributed by atoms with Crippen LogP contribution in [0, 0.1) is 5.41 Å². The van der Waals surface area contributed by atoms with E-state index >= 15 is 0 Å². The molecule has 0 unspecified atom stereocenters. The molecule has 0 aliphatic carbocycles. The van der Waals surface area contributed by atoms with Crippen molar-refractivity contribution in [3.05, 3.63) is 22.7 Å². The van der Waals surface area contributed by atoms with Gasteiger partial charge in [-0.2, -0.15) is 0 Å². The molecule has 98 valence electrons. The third-order valence-corrected chi connectivity index (χ3v) is 3.53. The highest BCUT2D eigenvalue weighted by atomic mass is 79.9. The van der Waals surface area contributed by atoms with Crippen molar-refractivity contribution in [2.45, 2.75) is 0 Å². The monoisotopic (exact) mass is 314 g/mol. The van der Waals surface area contributed by atoms with Crippen molar-refractivity contribution in [2.24, 2.45) is 11.1 Å². The van der Waals surface area contributed by atoms with E-state index in [9.17, 15) is 4.79 Å². The van der Waals surface area contributed by atoms with Gasteiger partial charge in [0, 0.05) is 11.0 Å². The maximum Gasteiger partial charge on any atom is 0.236 e. The number of halogens is 1. The van der Waals surface area contributed by atoms with E-state index in [0.29, 0.717) is 24.7 Å². The number of amides is 1. The van der Waals surface area contributed by atoms with Crippen LogP contribution in [0.25, 0.3) is 0 Å². The number of hydrogen-bond acceptors (Lipinski definition) is 4. The van der Waals surface area contributed by atoms with Crippen LogP contribution in [0.1, 0.15) is 0 Å². The fraction of sp³-hybridized carbons (Fsp3) is 0.417. The smallest absolute Gasteiger partial charge is 0.236 e. The first-order valence-electron chi connectivity index (χ1n) is 5.54. The molecule has 0 aromatic heterocycles. The van der Waals surface area contributed by atoms with Gasteiger partial charge in [0.15, 0.2) is 0 Å². The Kier molecular flexibility index (Phi) is 3.89. The normalized spacial score (nSPS) is 16.8. The van der Waals surface area contributed by atoms with Crippen molar-refractivity contribution < 1.29 is 14.3 Å². The Morgan fingerprint density at radius 3 is 2.83 bits per heavy atom. The van der Waals surface area contributed by atoms with Gasteiger partial charge in [0.1, 0.15) is 11.2 Å². The highest BCUT2D eigenvalue weighted by Gasteiger charge is 2.44. The standard InChI is InChI=1S/C12H15BrN2O3/c1-17-10-3-2-8(13)4-9(10)15-11(16)12(5-14)6-18-7-12/h2-4H,5-7,14H2,1H3,(H,15,16). The Bertz CT molecular complexity index is 455. The predicted molar refractivity (Wildman–Crippen MR) is 71.6 cm³/mol. The molecule has 1 aromatic carbocycles. The molecule has 6 heteroatoms. The number of ether oxygens (including phenoxy) is 2. The highest BCUT2D eigenvalue weighted by molar-refractivity contribution is 9.10. The van der Waals surface area contributed by atoms with E-state index in [4.69, 9.17) is 15.2 Å². The van der Waals surface area contributed by atoms with Crippen molar-refractivity contribution >= 4 is 27.5 Å². The first kappa shape index (κ1) is 13.3. The lowest BCUT2D eigenvalue weighted by Gasteiger charge is -2.38. The Labute approximate surface area is 114 Å². The molecule has 5 nitrogen and oxygen atoms in total. The Hall–Kier alpha value is -1.11. The maximum atomic E-state index is 12.2. The Balaban J connectivity index is 2.18. The van der Waals surface area contributed by atoms with Gasteiger partial charge < -0.3 is 20.5 Å². The molecule has 0 radical (unpaired) electrons. The molecule has 18 heavy (non-hydrogen) atoms. The second-order valence-corrected chi connectivity index (χ2v) is 5.19. The quantitative estimate of drug-likeness (QED) is 0.880. The maximum absolute atomic E-state index is 12.2. The number of nitrogens with two attached hydrogens (primary N) is 1. The number of methoxy groups -OCH3 is 1. The number of nitrogens with one attached hydrogen (secondary N) is 1. The van der Waals surface area contributed by atoms with Gasteiger partial charge in [-0.1, -0.05) is 15.9 Å². The molecule has 3 N–H and O–H groups in total. The molecule has 2 rings (SSSR count). The molecule has 1 aromatic rings. The number of carbonyl (C=O) groups excluding carboxylic acids is 1. The molecule has 0 bridgehead atoms. The third kappa shape index (κ3) is 2.36. The topological polar surface area (TPSA) is 73.6 Å². The van der Waals surface area contributed by atoms with Crippen molar-refractivity contribution in [3.63, 3.8) is 0 Å². The average molecular weight is 315 g/mol. The minimum absolute atomic E-state index is 0.132. The van der Waals surface area contributed by atoms with E-state index < -0.39 is 5.41 Å². The van der Waals surface area contributed by atoms with Crippen LogP contribution in [-0.4, -0.2) is 32.8 Å².